The summed E-state index contributed by atoms with van der Waals surface area (Å²) >= 11 is 0. The number of aliphatic imine (C=N–C) groups is 1. The van der Waals surface area contributed by atoms with Gasteiger partial charge in [-0.15, -0.1) is 0 Å². The number of nitrogens with zero attached hydrogens (tertiary/aromatic N) is 3. The van der Waals surface area contributed by atoms with Crippen LogP contribution in [0.3, 0.4) is 0 Å². The van der Waals surface area contributed by atoms with Crippen LogP contribution >= 0.6 is 0 Å². The number of hydrogen-bond acceptors (Lipinski definition) is 4. The molecule has 2 aliphatic rings. The van der Waals surface area contributed by atoms with E-state index in [-0.39, 0.29) is 23.7 Å². The van der Waals surface area contributed by atoms with Crippen LogP contribution in [-0.4, -0.2) is 52.4 Å². The number of guanidine groups is 1. The summed E-state index contributed by atoms with van der Waals surface area (Å²) in [6, 6.07) is 7.63. The quantitative estimate of drug-likeness (QED) is 0.826. The van der Waals surface area contributed by atoms with Gasteiger partial charge in [0.05, 0.1) is 5.57 Å². The maximum absolute atomic E-state index is 13.3. The number of aromatic amines is 1. The number of amides is 2. The molecule has 138 valence electrons. The Kier molecular flexibility index (Phi) is 3.59. The molecule has 4 rings (SSSR count). The van der Waals surface area contributed by atoms with Gasteiger partial charge in [0.15, 0.2) is 11.3 Å². The van der Waals surface area contributed by atoms with Gasteiger partial charge in [0.25, 0.3) is 11.8 Å². The Hall–Kier alpha value is -3.22. The van der Waals surface area contributed by atoms with Gasteiger partial charge in [0.2, 0.25) is 5.96 Å². The molecule has 0 saturated carbocycles. The third-order valence-electron chi connectivity index (χ3n) is 5.29. The number of ketones is 1. The predicted molar refractivity (Wildman–Crippen MR) is 101 cm³/mol. The first-order chi connectivity index (χ1) is 12.8. The smallest absolute Gasteiger partial charge is 0.280 e. The van der Waals surface area contributed by atoms with E-state index in [0.29, 0.717) is 11.1 Å². The van der Waals surface area contributed by atoms with Crippen molar-refractivity contribution >= 4 is 34.5 Å². The Balaban J connectivity index is 2.04. The van der Waals surface area contributed by atoms with Crippen LogP contribution in [0.5, 0.6) is 0 Å². The van der Waals surface area contributed by atoms with Gasteiger partial charge in [0.1, 0.15) is 0 Å². The number of aromatic nitrogens is 1. The average Bonchev–Trinajstić information content (AvgIpc) is 3.15. The summed E-state index contributed by atoms with van der Waals surface area (Å²) in [4.78, 5) is 49.1. The van der Waals surface area contributed by atoms with E-state index in [0.717, 1.165) is 10.9 Å². The second kappa shape index (κ2) is 5.64. The highest BCUT2D eigenvalue weighted by atomic mass is 16.2. The van der Waals surface area contributed by atoms with Gasteiger partial charge in [-0.25, -0.2) is 0 Å². The Labute approximate surface area is 156 Å². The monoisotopic (exact) mass is 364 g/mol. The van der Waals surface area contributed by atoms with E-state index in [9.17, 15) is 14.4 Å². The Morgan fingerprint density at radius 1 is 1.26 bits per heavy atom. The third kappa shape index (κ3) is 2.14. The first kappa shape index (κ1) is 17.2. The molecule has 0 saturated heterocycles. The fourth-order valence-corrected chi connectivity index (χ4v) is 4.18. The molecule has 2 aliphatic heterocycles. The molecule has 0 bridgehead atoms. The lowest BCUT2D eigenvalue weighted by Crippen LogP contribution is -2.58. The number of carbonyl (C=O) groups is 3. The molecule has 0 aliphatic carbocycles. The van der Waals surface area contributed by atoms with Crippen LogP contribution in [0.25, 0.3) is 10.9 Å². The van der Waals surface area contributed by atoms with Crippen molar-refractivity contribution in [2.75, 3.05) is 14.1 Å². The van der Waals surface area contributed by atoms with Gasteiger partial charge < -0.3 is 9.88 Å². The van der Waals surface area contributed by atoms with Crippen molar-refractivity contribution in [3.05, 3.63) is 47.2 Å². The zero-order valence-corrected chi connectivity index (χ0v) is 15.7. The number of nitrogens with one attached hydrogen (secondary N) is 1. The number of H-pyrrole nitrogens is 1. The van der Waals surface area contributed by atoms with Crippen LogP contribution in [0.4, 0.5) is 0 Å². The van der Waals surface area contributed by atoms with Crippen molar-refractivity contribution in [2.45, 2.75) is 25.8 Å². The Morgan fingerprint density at radius 2 is 1.96 bits per heavy atom. The van der Waals surface area contributed by atoms with E-state index in [1.165, 1.54) is 11.8 Å². The lowest BCUT2D eigenvalue weighted by atomic mass is 9.77. The molecule has 1 N–H and O–H groups in total. The molecular formula is C20H20N4O3. The highest BCUT2D eigenvalue weighted by Gasteiger charge is 2.59. The molecule has 7 heteroatoms. The summed E-state index contributed by atoms with van der Waals surface area (Å²) in [6.07, 6.45) is 2.00. The number of Topliss-reactive ketones (excluding diaryl/α,β-unsaturated/α-hetero) is 1. The lowest BCUT2D eigenvalue weighted by Gasteiger charge is -2.42. The van der Waals surface area contributed by atoms with Crippen molar-refractivity contribution in [3.63, 3.8) is 0 Å². The van der Waals surface area contributed by atoms with Crippen molar-refractivity contribution < 1.29 is 14.4 Å². The van der Waals surface area contributed by atoms with Crippen molar-refractivity contribution in [2.24, 2.45) is 4.99 Å². The third-order valence-corrected chi connectivity index (χ3v) is 5.29. The summed E-state index contributed by atoms with van der Waals surface area (Å²) in [7, 11) is 3.45. The van der Waals surface area contributed by atoms with Gasteiger partial charge in [-0.3, -0.25) is 19.3 Å². The second-order valence-corrected chi connectivity index (χ2v) is 7.25. The predicted octanol–water partition coefficient (Wildman–Crippen LogP) is 1.96. The summed E-state index contributed by atoms with van der Waals surface area (Å²) in [5, 5.41) is 0.859. The lowest BCUT2D eigenvalue weighted by molar-refractivity contribution is -0.139. The maximum Gasteiger partial charge on any atom is 0.280 e. The van der Waals surface area contributed by atoms with E-state index in [4.69, 9.17) is 0 Å². The van der Waals surface area contributed by atoms with Gasteiger partial charge >= 0.3 is 0 Å². The van der Waals surface area contributed by atoms with Crippen molar-refractivity contribution in [3.8, 4) is 0 Å². The minimum Gasteiger partial charge on any atom is -0.361 e. The first-order valence-corrected chi connectivity index (χ1v) is 8.71. The van der Waals surface area contributed by atoms with Crippen LogP contribution in [0, 0.1) is 0 Å². The molecule has 2 amide bonds. The molecule has 7 nitrogen and oxygen atoms in total. The van der Waals surface area contributed by atoms with E-state index >= 15 is 0 Å². The summed E-state index contributed by atoms with van der Waals surface area (Å²) < 4.78 is 0. The number of carbonyl (C=O) groups excluding carboxylic acids is 3. The molecule has 0 unspecified atom stereocenters. The number of fused-ring (bicyclic) bond motifs is 2. The number of para-hydroxylation sites is 1. The molecule has 0 fully saturated rings. The number of hydrogen-bond donors (Lipinski definition) is 1. The van der Waals surface area contributed by atoms with Gasteiger partial charge in [-0.05, 0) is 19.9 Å². The summed E-state index contributed by atoms with van der Waals surface area (Å²) in [5.74, 6) is -0.926. The maximum atomic E-state index is 13.3. The minimum absolute atomic E-state index is 0.134. The topological polar surface area (TPSA) is 85.8 Å². The van der Waals surface area contributed by atoms with E-state index < -0.39 is 17.4 Å². The van der Waals surface area contributed by atoms with Crippen LogP contribution < -0.4 is 0 Å². The van der Waals surface area contributed by atoms with Crippen LogP contribution in [0.15, 0.2) is 46.6 Å². The van der Waals surface area contributed by atoms with Gasteiger partial charge in [-0.1, -0.05) is 23.8 Å². The van der Waals surface area contributed by atoms with Crippen LogP contribution in [-0.2, 0) is 19.9 Å². The highest BCUT2D eigenvalue weighted by Crippen LogP contribution is 2.47. The zero-order valence-electron chi connectivity index (χ0n) is 15.7. The normalized spacial score (nSPS) is 22.4. The SMILES string of the molecule is CC(=O)C1=C(C)C[C@]2(c3c[nH]c4ccccc34)C(=O)N=C(N(C)C)N2C1=O. The summed E-state index contributed by atoms with van der Waals surface area (Å²) in [6.45, 7) is 3.11. The van der Waals surface area contributed by atoms with Crippen molar-refractivity contribution in [1.29, 1.82) is 0 Å². The second-order valence-electron chi connectivity index (χ2n) is 7.25. The van der Waals surface area contributed by atoms with Crippen molar-refractivity contribution in [1.82, 2.24) is 14.8 Å². The Bertz CT molecular complexity index is 1080. The fourth-order valence-electron chi connectivity index (χ4n) is 4.18. The first-order valence-electron chi connectivity index (χ1n) is 8.71. The average molecular weight is 364 g/mol. The van der Waals surface area contributed by atoms with E-state index in [1.807, 2.05) is 24.3 Å². The largest absolute Gasteiger partial charge is 0.361 e. The number of benzene rings is 1. The summed E-state index contributed by atoms with van der Waals surface area (Å²) in [5.41, 5.74) is 1.03. The standard InChI is InChI=1S/C20H20N4O3/c1-11-9-20(14-10-21-15-8-6-5-7-13(14)15)18(27)22-19(23(3)4)24(20)17(26)16(11)12(2)25/h5-8,10,21H,9H2,1-4H3/t20-/m0/s1. The van der Waals surface area contributed by atoms with Crippen LogP contribution in [0.1, 0.15) is 25.8 Å². The minimum atomic E-state index is -1.28. The van der Waals surface area contributed by atoms with Gasteiger partial charge in [-0.2, -0.15) is 4.99 Å². The molecule has 0 spiro atoms. The Morgan fingerprint density at radius 3 is 2.63 bits per heavy atom. The molecule has 3 heterocycles. The molecule has 2 aromatic rings. The molecule has 1 aromatic heterocycles. The zero-order chi connectivity index (χ0) is 19.5. The fraction of sp³-hybridized carbons (Fsp3) is 0.300. The van der Waals surface area contributed by atoms with Gasteiger partial charge in [0, 0.05) is 43.2 Å². The molecule has 1 atom stereocenters. The van der Waals surface area contributed by atoms with Crippen LogP contribution in [0.2, 0.25) is 0 Å². The number of rotatable bonds is 2. The van der Waals surface area contributed by atoms with E-state index in [2.05, 4.69) is 9.98 Å². The van der Waals surface area contributed by atoms with E-state index in [1.54, 1.807) is 32.1 Å². The molecular weight excluding hydrogens is 344 g/mol. The molecule has 0 radical (unpaired) electrons. The molecule has 27 heavy (non-hydrogen) atoms. The molecule has 1 aromatic carbocycles. The highest BCUT2D eigenvalue weighted by molar-refractivity contribution is 6.27.